The predicted molar refractivity (Wildman–Crippen MR) is 72.7 cm³/mol. The molecular formula is C15H19NO2. The van der Waals surface area contributed by atoms with Crippen molar-refractivity contribution < 1.29 is 9.90 Å². The molecule has 0 aliphatic carbocycles. The van der Waals surface area contributed by atoms with E-state index in [4.69, 9.17) is 5.11 Å². The largest absolute Gasteiger partial charge is 0.478 e. The maximum Gasteiger partial charge on any atom is 0.335 e. The van der Waals surface area contributed by atoms with Gasteiger partial charge in [0.05, 0.1) is 5.56 Å². The Morgan fingerprint density at radius 2 is 1.94 bits per heavy atom. The monoisotopic (exact) mass is 245 g/mol. The highest BCUT2D eigenvalue weighted by molar-refractivity contribution is 5.88. The normalized spacial score (nSPS) is 16.7. The number of carboxylic acids is 1. The van der Waals surface area contributed by atoms with Gasteiger partial charge >= 0.3 is 5.97 Å². The number of hydrogen-bond donors (Lipinski definition) is 1. The van der Waals surface area contributed by atoms with Gasteiger partial charge in [0, 0.05) is 19.1 Å². The van der Waals surface area contributed by atoms with Crippen molar-refractivity contribution in [1.82, 2.24) is 4.90 Å². The van der Waals surface area contributed by atoms with Gasteiger partial charge in [-0.15, -0.1) is 0 Å². The first kappa shape index (κ1) is 12.8. The fraction of sp³-hybridized carbons (Fsp3) is 0.400. The lowest BCUT2D eigenvalue weighted by Gasteiger charge is -2.29. The highest BCUT2D eigenvalue weighted by Crippen LogP contribution is 2.23. The molecule has 0 unspecified atom stereocenters. The van der Waals surface area contributed by atoms with Crippen LogP contribution in [0.25, 0.3) is 5.57 Å². The van der Waals surface area contributed by atoms with Crippen LogP contribution in [0.1, 0.15) is 36.2 Å². The minimum Gasteiger partial charge on any atom is -0.478 e. The lowest BCUT2D eigenvalue weighted by molar-refractivity contribution is 0.0697. The van der Waals surface area contributed by atoms with Crippen molar-refractivity contribution in [1.29, 1.82) is 0 Å². The van der Waals surface area contributed by atoms with Crippen LogP contribution in [0.5, 0.6) is 0 Å². The molecule has 1 N–H and O–H groups in total. The number of rotatable bonds is 3. The second-order valence-corrected chi connectivity index (χ2v) is 4.95. The van der Waals surface area contributed by atoms with Gasteiger partial charge in [0.2, 0.25) is 0 Å². The molecule has 0 radical (unpaired) electrons. The van der Waals surface area contributed by atoms with Crippen LogP contribution in [0.2, 0.25) is 0 Å². The summed E-state index contributed by atoms with van der Waals surface area (Å²) in [5.41, 5.74) is 2.81. The van der Waals surface area contributed by atoms with E-state index in [-0.39, 0.29) is 0 Å². The van der Waals surface area contributed by atoms with E-state index >= 15 is 0 Å². The van der Waals surface area contributed by atoms with E-state index in [9.17, 15) is 4.79 Å². The van der Waals surface area contributed by atoms with Crippen LogP contribution >= 0.6 is 0 Å². The molecule has 2 rings (SSSR count). The van der Waals surface area contributed by atoms with Crippen molar-refractivity contribution in [3.8, 4) is 0 Å². The highest BCUT2D eigenvalue weighted by Gasteiger charge is 2.15. The molecule has 1 aromatic carbocycles. The van der Waals surface area contributed by atoms with Gasteiger partial charge < -0.3 is 5.11 Å². The van der Waals surface area contributed by atoms with Crippen LogP contribution in [-0.2, 0) is 0 Å². The van der Waals surface area contributed by atoms with Gasteiger partial charge in [0.25, 0.3) is 0 Å². The number of aromatic carboxylic acids is 1. The van der Waals surface area contributed by atoms with E-state index in [0.717, 1.165) is 25.1 Å². The Kier molecular flexibility index (Phi) is 3.82. The SMILES string of the molecule is CC(C)N1CC=C(c2ccc(C(=O)O)cc2)CC1. The third kappa shape index (κ3) is 2.79. The lowest BCUT2D eigenvalue weighted by Crippen LogP contribution is -2.34. The Morgan fingerprint density at radius 3 is 2.39 bits per heavy atom. The Morgan fingerprint density at radius 1 is 1.28 bits per heavy atom. The van der Waals surface area contributed by atoms with Crippen molar-refractivity contribution in [2.24, 2.45) is 0 Å². The number of nitrogens with zero attached hydrogens (tertiary/aromatic N) is 1. The van der Waals surface area contributed by atoms with Gasteiger partial charge in [-0.3, -0.25) is 4.90 Å². The molecule has 1 aliphatic rings. The number of hydrogen-bond acceptors (Lipinski definition) is 2. The molecule has 1 heterocycles. The van der Waals surface area contributed by atoms with Crippen LogP contribution in [0.4, 0.5) is 0 Å². The molecule has 0 bridgehead atoms. The molecule has 0 fully saturated rings. The zero-order valence-corrected chi connectivity index (χ0v) is 10.9. The molecule has 0 saturated heterocycles. The maximum atomic E-state index is 10.8. The summed E-state index contributed by atoms with van der Waals surface area (Å²) in [7, 11) is 0. The number of carbonyl (C=O) groups is 1. The molecule has 96 valence electrons. The van der Waals surface area contributed by atoms with Gasteiger partial charge in [-0.1, -0.05) is 18.2 Å². The molecule has 3 nitrogen and oxygen atoms in total. The molecular weight excluding hydrogens is 226 g/mol. The minimum absolute atomic E-state index is 0.346. The van der Waals surface area contributed by atoms with E-state index < -0.39 is 5.97 Å². The zero-order chi connectivity index (χ0) is 13.1. The van der Waals surface area contributed by atoms with E-state index in [1.807, 2.05) is 12.1 Å². The van der Waals surface area contributed by atoms with E-state index in [2.05, 4.69) is 24.8 Å². The topological polar surface area (TPSA) is 40.5 Å². The molecule has 18 heavy (non-hydrogen) atoms. The van der Waals surface area contributed by atoms with Gasteiger partial charge in [0.1, 0.15) is 0 Å². The van der Waals surface area contributed by atoms with Crippen LogP contribution in [0.3, 0.4) is 0 Å². The van der Waals surface area contributed by atoms with Crippen molar-refractivity contribution >= 4 is 11.5 Å². The first-order chi connectivity index (χ1) is 8.58. The standard InChI is InChI=1S/C15H19NO2/c1-11(2)16-9-7-13(8-10-16)12-3-5-14(6-4-12)15(17)18/h3-7,11H,8-10H2,1-2H3,(H,17,18). The summed E-state index contributed by atoms with van der Waals surface area (Å²) >= 11 is 0. The summed E-state index contributed by atoms with van der Waals surface area (Å²) in [5, 5.41) is 8.86. The molecule has 1 aromatic rings. The van der Waals surface area contributed by atoms with Gasteiger partial charge in [-0.2, -0.15) is 0 Å². The Labute approximate surface area is 108 Å². The molecule has 1 aliphatic heterocycles. The minimum atomic E-state index is -0.870. The highest BCUT2D eigenvalue weighted by atomic mass is 16.4. The lowest BCUT2D eigenvalue weighted by atomic mass is 9.98. The average molecular weight is 245 g/mol. The first-order valence-electron chi connectivity index (χ1n) is 6.34. The van der Waals surface area contributed by atoms with Crippen LogP contribution in [0.15, 0.2) is 30.3 Å². The summed E-state index contributed by atoms with van der Waals surface area (Å²) in [6, 6.07) is 7.73. The Balaban J connectivity index is 2.11. The molecule has 0 aromatic heterocycles. The van der Waals surface area contributed by atoms with Gasteiger partial charge in [0.15, 0.2) is 0 Å². The van der Waals surface area contributed by atoms with Crippen LogP contribution < -0.4 is 0 Å². The van der Waals surface area contributed by atoms with Gasteiger partial charge in [-0.05, 0) is 43.5 Å². The zero-order valence-electron chi connectivity index (χ0n) is 10.9. The summed E-state index contributed by atoms with van der Waals surface area (Å²) in [6.45, 7) is 6.47. The van der Waals surface area contributed by atoms with Crippen molar-refractivity contribution in [2.75, 3.05) is 13.1 Å². The van der Waals surface area contributed by atoms with E-state index in [0.29, 0.717) is 11.6 Å². The summed E-state index contributed by atoms with van der Waals surface area (Å²) in [5.74, 6) is -0.870. The molecule has 0 saturated carbocycles. The average Bonchev–Trinajstić information content (AvgIpc) is 2.39. The Bertz CT molecular complexity index is 460. The summed E-state index contributed by atoms with van der Waals surface area (Å²) in [6.07, 6.45) is 3.28. The summed E-state index contributed by atoms with van der Waals surface area (Å²) < 4.78 is 0. The fourth-order valence-electron chi connectivity index (χ4n) is 2.24. The second-order valence-electron chi connectivity index (χ2n) is 4.95. The summed E-state index contributed by atoms with van der Waals surface area (Å²) in [4.78, 5) is 13.2. The number of benzene rings is 1. The fourth-order valence-corrected chi connectivity index (χ4v) is 2.24. The van der Waals surface area contributed by atoms with Crippen molar-refractivity contribution in [3.05, 3.63) is 41.5 Å². The predicted octanol–water partition coefficient (Wildman–Crippen LogP) is 2.88. The molecule has 0 atom stereocenters. The van der Waals surface area contributed by atoms with E-state index in [1.165, 1.54) is 5.57 Å². The quantitative estimate of drug-likeness (QED) is 0.890. The maximum absolute atomic E-state index is 10.8. The smallest absolute Gasteiger partial charge is 0.335 e. The molecule has 3 heteroatoms. The third-order valence-electron chi connectivity index (χ3n) is 3.47. The Hall–Kier alpha value is -1.61. The van der Waals surface area contributed by atoms with Crippen molar-refractivity contribution in [3.63, 3.8) is 0 Å². The molecule has 0 spiro atoms. The van der Waals surface area contributed by atoms with Crippen LogP contribution in [0, 0.1) is 0 Å². The van der Waals surface area contributed by atoms with Crippen molar-refractivity contribution in [2.45, 2.75) is 26.3 Å². The van der Waals surface area contributed by atoms with E-state index in [1.54, 1.807) is 12.1 Å². The second kappa shape index (κ2) is 5.36. The molecule has 0 amide bonds. The number of carboxylic acid groups (broad SMARTS) is 1. The van der Waals surface area contributed by atoms with Crippen LogP contribution in [-0.4, -0.2) is 35.1 Å². The third-order valence-corrected chi connectivity index (χ3v) is 3.47. The first-order valence-corrected chi connectivity index (χ1v) is 6.34. The van der Waals surface area contributed by atoms with Gasteiger partial charge in [-0.25, -0.2) is 4.79 Å².